The molecule has 8 nitrogen and oxygen atoms in total. The van der Waals surface area contributed by atoms with Gasteiger partial charge in [-0.15, -0.1) is 0 Å². The van der Waals surface area contributed by atoms with Crippen molar-refractivity contribution in [2.24, 2.45) is 5.92 Å². The van der Waals surface area contributed by atoms with E-state index in [1.54, 1.807) is 23.6 Å². The van der Waals surface area contributed by atoms with E-state index in [4.69, 9.17) is 16.3 Å². The van der Waals surface area contributed by atoms with E-state index >= 15 is 0 Å². The third-order valence-corrected chi connectivity index (χ3v) is 4.89. The molecule has 0 spiro atoms. The first-order chi connectivity index (χ1) is 13.3. The first kappa shape index (κ1) is 20.1. The van der Waals surface area contributed by atoms with Crippen molar-refractivity contribution in [3.05, 3.63) is 49.4 Å². The zero-order valence-electron chi connectivity index (χ0n) is 15.6. The number of aromatic nitrogens is 3. The van der Waals surface area contributed by atoms with Crippen molar-refractivity contribution < 1.29 is 9.53 Å². The van der Waals surface area contributed by atoms with Gasteiger partial charge >= 0.3 is 5.69 Å². The van der Waals surface area contributed by atoms with Gasteiger partial charge in [-0.3, -0.25) is 18.7 Å². The number of halogens is 1. The summed E-state index contributed by atoms with van der Waals surface area (Å²) in [7, 11) is 1.48. The Morgan fingerprint density at radius 1 is 1.32 bits per heavy atom. The third-order valence-electron chi connectivity index (χ3n) is 4.04. The van der Waals surface area contributed by atoms with Crippen LogP contribution in [0.25, 0.3) is 11.0 Å². The molecule has 0 unspecified atom stereocenters. The number of ether oxygens (including phenoxy) is 1. The van der Waals surface area contributed by atoms with E-state index < -0.39 is 17.2 Å². The average molecular weight is 423 g/mol. The lowest BCUT2D eigenvalue weighted by atomic mass is 10.2. The largest absolute Gasteiger partial charge is 0.495 e. The first-order valence-electron chi connectivity index (χ1n) is 8.53. The maximum absolute atomic E-state index is 12.9. The highest BCUT2D eigenvalue weighted by Crippen LogP contribution is 2.27. The number of amides is 1. The van der Waals surface area contributed by atoms with E-state index in [-0.39, 0.29) is 24.5 Å². The minimum absolute atomic E-state index is 0.0829. The lowest BCUT2D eigenvalue weighted by Crippen LogP contribution is -2.42. The molecule has 2 heterocycles. The minimum atomic E-state index is -0.542. The molecule has 3 rings (SSSR count). The Kier molecular flexibility index (Phi) is 5.85. The molecule has 0 saturated carbocycles. The fourth-order valence-corrected chi connectivity index (χ4v) is 3.67. The molecule has 0 radical (unpaired) electrons. The highest BCUT2D eigenvalue weighted by Gasteiger charge is 2.18. The van der Waals surface area contributed by atoms with E-state index in [1.165, 1.54) is 11.7 Å². The van der Waals surface area contributed by atoms with Gasteiger partial charge in [-0.1, -0.05) is 25.4 Å². The van der Waals surface area contributed by atoms with Gasteiger partial charge in [0, 0.05) is 16.9 Å². The fraction of sp³-hybridized carbons (Fsp3) is 0.333. The number of nitrogens with zero attached hydrogens (tertiary/aromatic N) is 3. The maximum atomic E-state index is 12.9. The minimum Gasteiger partial charge on any atom is -0.495 e. The van der Waals surface area contributed by atoms with Crippen molar-refractivity contribution in [2.75, 3.05) is 12.4 Å². The topological polar surface area (TPSA) is 95.2 Å². The molecular weight excluding hydrogens is 404 g/mol. The Labute approximate surface area is 169 Å². The van der Waals surface area contributed by atoms with Crippen LogP contribution < -0.4 is 21.3 Å². The highest BCUT2D eigenvalue weighted by molar-refractivity contribution is 7.04. The zero-order chi connectivity index (χ0) is 20.4. The summed E-state index contributed by atoms with van der Waals surface area (Å²) in [6.45, 7) is 3.77. The maximum Gasteiger partial charge on any atom is 0.332 e. The molecule has 10 heteroatoms. The zero-order valence-corrected chi connectivity index (χ0v) is 17.1. The Balaban J connectivity index is 1.99. The van der Waals surface area contributed by atoms with Gasteiger partial charge in [-0.25, -0.2) is 4.79 Å². The Bertz CT molecular complexity index is 1150. The number of carbonyl (C=O) groups excluding carboxylic acids is 1. The Hall–Kier alpha value is -2.65. The molecule has 148 valence electrons. The van der Waals surface area contributed by atoms with Crippen molar-refractivity contribution >= 4 is 45.8 Å². The molecule has 0 saturated heterocycles. The monoisotopic (exact) mass is 422 g/mol. The Morgan fingerprint density at radius 2 is 2.07 bits per heavy atom. The molecule has 2 aromatic heterocycles. The SMILES string of the molecule is COc1ccc(Cl)cc1NC(=O)Cn1c(=O)n(CC(C)C)c(=O)c2nscc21. The molecule has 3 aromatic rings. The van der Waals surface area contributed by atoms with E-state index in [2.05, 4.69) is 9.69 Å². The van der Waals surface area contributed by atoms with Gasteiger partial charge in [-0.2, -0.15) is 4.37 Å². The van der Waals surface area contributed by atoms with Gasteiger partial charge in [0.2, 0.25) is 5.91 Å². The molecule has 0 aliphatic heterocycles. The second-order valence-corrected chi connectivity index (χ2v) is 7.69. The van der Waals surface area contributed by atoms with Crippen LogP contribution in [0.3, 0.4) is 0 Å². The van der Waals surface area contributed by atoms with E-state index in [1.807, 2.05) is 13.8 Å². The number of hydrogen-bond donors (Lipinski definition) is 1. The average Bonchev–Trinajstić information content (AvgIpc) is 3.12. The summed E-state index contributed by atoms with van der Waals surface area (Å²) in [5.41, 5.74) is -0.0717. The molecular formula is C18H19ClN4O4S. The summed E-state index contributed by atoms with van der Waals surface area (Å²) in [6, 6.07) is 4.83. The molecule has 0 bridgehead atoms. The molecule has 0 aliphatic carbocycles. The predicted octanol–water partition coefficient (Wildman–Crippen LogP) is 2.58. The summed E-state index contributed by atoms with van der Waals surface area (Å²) < 4.78 is 11.7. The van der Waals surface area contributed by atoms with Gasteiger partial charge in [-0.05, 0) is 35.6 Å². The van der Waals surface area contributed by atoms with Crippen LogP contribution in [-0.2, 0) is 17.9 Å². The lowest BCUT2D eigenvalue weighted by Gasteiger charge is -2.14. The van der Waals surface area contributed by atoms with Crippen LogP contribution in [0.5, 0.6) is 5.75 Å². The molecule has 28 heavy (non-hydrogen) atoms. The second kappa shape index (κ2) is 8.15. The summed E-state index contributed by atoms with van der Waals surface area (Å²) >= 11 is 7.05. The molecule has 0 aliphatic rings. The van der Waals surface area contributed by atoms with Gasteiger partial charge < -0.3 is 10.1 Å². The van der Waals surface area contributed by atoms with Crippen molar-refractivity contribution in [2.45, 2.75) is 26.9 Å². The van der Waals surface area contributed by atoms with Gasteiger partial charge in [0.15, 0.2) is 5.52 Å². The number of methoxy groups -OCH3 is 1. The highest BCUT2D eigenvalue weighted by atomic mass is 35.5. The van der Waals surface area contributed by atoms with Gasteiger partial charge in [0.05, 0.1) is 18.3 Å². The fourth-order valence-electron chi connectivity index (χ4n) is 2.83. The predicted molar refractivity (Wildman–Crippen MR) is 110 cm³/mol. The summed E-state index contributed by atoms with van der Waals surface area (Å²) in [5, 5.41) is 4.72. The smallest absolute Gasteiger partial charge is 0.332 e. The molecule has 0 fully saturated rings. The normalized spacial score (nSPS) is 11.2. The van der Waals surface area contributed by atoms with Crippen LogP contribution in [0.15, 0.2) is 33.2 Å². The quantitative estimate of drug-likeness (QED) is 0.658. The molecule has 1 N–H and O–H groups in total. The van der Waals surface area contributed by atoms with Crippen LogP contribution in [0, 0.1) is 5.92 Å². The number of nitrogens with one attached hydrogen (secondary N) is 1. The molecule has 0 atom stereocenters. The number of benzene rings is 1. The number of rotatable bonds is 6. The second-order valence-electron chi connectivity index (χ2n) is 6.62. The van der Waals surface area contributed by atoms with Crippen LogP contribution in [-0.4, -0.2) is 26.5 Å². The summed E-state index contributed by atoms with van der Waals surface area (Å²) in [4.78, 5) is 38.1. The van der Waals surface area contributed by atoms with Crippen molar-refractivity contribution in [1.29, 1.82) is 0 Å². The van der Waals surface area contributed by atoms with Crippen LogP contribution in [0.4, 0.5) is 5.69 Å². The first-order valence-corrected chi connectivity index (χ1v) is 9.74. The van der Waals surface area contributed by atoms with Crippen molar-refractivity contribution in [3.63, 3.8) is 0 Å². The summed E-state index contributed by atoms with van der Waals surface area (Å²) in [6.07, 6.45) is 0. The standard InChI is InChI=1S/C18H19ClN4O4S/c1-10(2)7-23-17(25)16-13(9-28-21-16)22(18(23)26)8-15(24)20-12-6-11(19)4-5-14(12)27-3/h4-6,9-10H,7-8H2,1-3H3,(H,20,24). The van der Waals surface area contributed by atoms with Crippen LogP contribution in [0.2, 0.25) is 5.02 Å². The number of fused-ring (bicyclic) bond motifs is 1. The number of carbonyl (C=O) groups is 1. The molecule has 1 amide bonds. The van der Waals surface area contributed by atoms with Gasteiger partial charge in [0.25, 0.3) is 5.56 Å². The van der Waals surface area contributed by atoms with Crippen LogP contribution >= 0.6 is 23.1 Å². The van der Waals surface area contributed by atoms with E-state index in [0.29, 0.717) is 22.0 Å². The van der Waals surface area contributed by atoms with E-state index in [9.17, 15) is 14.4 Å². The summed E-state index contributed by atoms with van der Waals surface area (Å²) in [5.74, 6) is 0.0709. The lowest BCUT2D eigenvalue weighted by molar-refractivity contribution is -0.116. The number of hydrogen-bond acceptors (Lipinski definition) is 6. The third kappa shape index (κ3) is 3.95. The Morgan fingerprint density at radius 3 is 2.75 bits per heavy atom. The van der Waals surface area contributed by atoms with E-state index in [0.717, 1.165) is 16.1 Å². The van der Waals surface area contributed by atoms with Crippen LogP contribution in [0.1, 0.15) is 13.8 Å². The van der Waals surface area contributed by atoms with Crippen molar-refractivity contribution in [1.82, 2.24) is 13.5 Å². The van der Waals surface area contributed by atoms with Crippen molar-refractivity contribution in [3.8, 4) is 5.75 Å². The molecule has 1 aromatic carbocycles. The number of anilines is 1. The van der Waals surface area contributed by atoms with Gasteiger partial charge in [0.1, 0.15) is 12.3 Å².